The van der Waals surface area contributed by atoms with E-state index in [2.05, 4.69) is 25.7 Å². The van der Waals surface area contributed by atoms with Gasteiger partial charge in [-0.15, -0.1) is 0 Å². The standard InChI is InChI=1S/C39H77NO4/c1-6-9-12-15-19-24-30-36(31-25-20-16-13-10-7-2)43-38(41)33-27-22-17-21-26-32-37(29-23-18-14-11-8-3)44-39(42)34-28-35-40(4)5/h36-37H,6-35H2,1-5H3. The van der Waals surface area contributed by atoms with Gasteiger partial charge in [-0.1, -0.05) is 130 Å². The molecule has 0 radical (unpaired) electrons. The van der Waals surface area contributed by atoms with Gasteiger partial charge in [-0.25, -0.2) is 0 Å². The highest BCUT2D eigenvalue weighted by molar-refractivity contribution is 5.69. The first kappa shape index (κ1) is 42.9. The van der Waals surface area contributed by atoms with Crippen molar-refractivity contribution in [2.75, 3.05) is 20.6 Å². The number of unbranched alkanes of at least 4 members (excludes halogenated alkanes) is 18. The number of hydrogen-bond acceptors (Lipinski definition) is 5. The molecule has 262 valence electrons. The highest BCUT2D eigenvalue weighted by Crippen LogP contribution is 2.20. The highest BCUT2D eigenvalue weighted by atomic mass is 16.5. The van der Waals surface area contributed by atoms with E-state index in [1.807, 2.05) is 14.1 Å². The number of rotatable bonds is 34. The summed E-state index contributed by atoms with van der Waals surface area (Å²) in [6, 6.07) is 0. The van der Waals surface area contributed by atoms with Gasteiger partial charge in [-0.05, 0) is 84.8 Å². The maximum Gasteiger partial charge on any atom is 0.306 e. The van der Waals surface area contributed by atoms with Crippen LogP contribution in [-0.2, 0) is 19.1 Å². The summed E-state index contributed by atoms with van der Waals surface area (Å²) in [6.07, 6.45) is 33.1. The number of esters is 2. The Bertz CT molecular complexity index is 607. The quantitative estimate of drug-likeness (QED) is 0.0527. The number of carbonyl (C=O) groups excluding carboxylic acids is 2. The Balaban J connectivity index is 4.33. The van der Waals surface area contributed by atoms with Gasteiger partial charge >= 0.3 is 11.9 Å². The first-order valence-electron chi connectivity index (χ1n) is 19.5. The molecule has 5 nitrogen and oxygen atoms in total. The molecule has 0 amide bonds. The average molecular weight is 624 g/mol. The monoisotopic (exact) mass is 624 g/mol. The van der Waals surface area contributed by atoms with Crippen LogP contribution in [0.5, 0.6) is 0 Å². The van der Waals surface area contributed by atoms with Crippen molar-refractivity contribution < 1.29 is 19.1 Å². The summed E-state index contributed by atoms with van der Waals surface area (Å²) in [5, 5.41) is 0. The number of carbonyl (C=O) groups is 2. The van der Waals surface area contributed by atoms with Crippen LogP contribution in [0.25, 0.3) is 0 Å². The van der Waals surface area contributed by atoms with Gasteiger partial charge in [0.2, 0.25) is 0 Å². The Morgan fingerprint density at radius 2 is 0.727 bits per heavy atom. The van der Waals surface area contributed by atoms with Crippen molar-refractivity contribution in [3.05, 3.63) is 0 Å². The molecule has 44 heavy (non-hydrogen) atoms. The van der Waals surface area contributed by atoms with Crippen LogP contribution < -0.4 is 0 Å². The highest BCUT2D eigenvalue weighted by Gasteiger charge is 2.16. The maximum absolute atomic E-state index is 12.7. The Labute approximate surface area is 275 Å². The predicted molar refractivity (Wildman–Crippen MR) is 189 cm³/mol. The molecule has 0 saturated heterocycles. The van der Waals surface area contributed by atoms with Crippen molar-refractivity contribution >= 4 is 11.9 Å². The topological polar surface area (TPSA) is 55.8 Å². The minimum absolute atomic E-state index is 0.0104. The minimum atomic E-state index is -0.0322. The van der Waals surface area contributed by atoms with Crippen molar-refractivity contribution in [2.24, 2.45) is 0 Å². The first-order valence-corrected chi connectivity index (χ1v) is 19.5. The normalized spacial score (nSPS) is 12.2. The summed E-state index contributed by atoms with van der Waals surface area (Å²) in [4.78, 5) is 27.2. The van der Waals surface area contributed by atoms with Crippen molar-refractivity contribution in [3.8, 4) is 0 Å². The van der Waals surface area contributed by atoms with Crippen LogP contribution in [0.15, 0.2) is 0 Å². The molecule has 1 unspecified atom stereocenters. The molecule has 0 N–H and O–H groups in total. The molecule has 5 heteroatoms. The van der Waals surface area contributed by atoms with Crippen LogP contribution in [0.2, 0.25) is 0 Å². The Morgan fingerprint density at radius 3 is 1.07 bits per heavy atom. The van der Waals surface area contributed by atoms with E-state index < -0.39 is 0 Å². The van der Waals surface area contributed by atoms with Gasteiger partial charge in [0.15, 0.2) is 0 Å². The lowest BCUT2D eigenvalue weighted by molar-refractivity contribution is -0.151. The molecule has 0 aromatic heterocycles. The largest absolute Gasteiger partial charge is 0.462 e. The molecular weight excluding hydrogens is 546 g/mol. The summed E-state index contributed by atoms with van der Waals surface area (Å²) in [7, 11) is 4.08. The molecular formula is C39H77NO4. The van der Waals surface area contributed by atoms with E-state index in [9.17, 15) is 9.59 Å². The van der Waals surface area contributed by atoms with Crippen LogP contribution in [0.4, 0.5) is 0 Å². The first-order chi connectivity index (χ1) is 21.4. The number of nitrogens with zero attached hydrogens (tertiary/aromatic N) is 1. The SMILES string of the molecule is CCCCCCCCC(CCCCCCCC)OC(=O)CCCCCCCC(CCCCCCC)OC(=O)CCCN(C)C. The molecule has 0 saturated carbocycles. The molecule has 0 rings (SSSR count). The number of ether oxygens (including phenoxy) is 2. The summed E-state index contributed by atoms with van der Waals surface area (Å²) >= 11 is 0. The van der Waals surface area contributed by atoms with Crippen LogP contribution in [0.1, 0.15) is 207 Å². The van der Waals surface area contributed by atoms with Crippen molar-refractivity contribution in [3.63, 3.8) is 0 Å². The molecule has 0 aromatic rings. The molecule has 0 aromatic carbocycles. The second kappa shape index (κ2) is 33.3. The molecule has 0 heterocycles. The zero-order valence-electron chi connectivity index (χ0n) is 30.4. The second-order valence-corrected chi connectivity index (χ2v) is 13.8. The lowest BCUT2D eigenvalue weighted by Gasteiger charge is -2.19. The fraction of sp³-hybridized carbons (Fsp3) is 0.949. The second-order valence-electron chi connectivity index (χ2n) is 13.8. The molecule has 0 fully saturated rings. The van der Waals surface area contributed by atoms with Crippen molar-refractivity contribution in [1.82, 2.24) is 4.90 Å². The Hall–Kier alpha value is -1.10. The lowest BCUT2D eigenvalue weighted by atomic mass is 10.0. The van der Waals surface area contributed by atoms with Gasteiger partial charge in [0, 0.05) is 12.8 Å². The van der Waals surface area contributed by atoms with E-state index in [0.29, 0.717) is 12.8 Å². The average Bonchev–Trinajstić information content (AvgIpc) is 2.99. The third kappa shape index (κ3) is 30.9. The summed E-state index contributed by atoms with van der Waals surface area (Å²) in [5.74, 6) is -0.0218. The third-order valence-electron chi connectivity index (χ3n) is 8.88. The molecule has 0 bridgehead atoms. The minimum Gasteiger partial charge on any atom is -0.462 e. The summed E-state index contributed by atoms with van der Waals surface area (Å²) in [5.41, 5.74) is 0. The fourth-order valence-corrected chi connectivity index (χ4v) is 6.01. The number of hydrogen-bond donors (Lipinski definition) is 0. The molecule has 0 aliphatic heterocycles. The molecule has 0 aliphatic rings. The van der Waals surface area contributed by atoms with Crippen molar-refractivity contribution in [2.45, 2.75) is 219 Å². The summed E-state index contributed by atoms with van der Waals surface area (Å²) < 4.78 is 11.9. The van der Waals surface area contributed by atoms with Gasteiger partial charge in [0.05, 0.1) is 0 Å². The predicted octanol–water partition coefficient (Wildman–Crippen LogP) is 11.7. The lowest BCUT2D eigenvalue weighted by Crippen LogP contribution is -2.20. The zero-order chi connectivity index (χ0) is 32.5. The van der Waals surface area contributed by atoms with Gasteiger partial charge in [-0.2, -0.15) is 0 Å². The molecule has 1 atom stereocenters. The molecule has 0 aliphatic carbocycles. The van der Waals surface area contributed by atoms with E-state index in [-0.39, 0.29) is 24.1 Å². The summed E-state index contributed by atoms with van der Waals surface area (Å²) in [6.45, 7) is 7.68. The van der Waals surface area contributed by atoms with Crippen LogP contribution in [-0.4, -0.2) is 49.7 Å². The van der Waals surface area contributed by atoms with Crippen LogP contribution in [0, 0.1) is 0 Å². The van der Waals surface area contributed by atoms with Gasteiger partial charge in [-0.3, -0.25) is 9.59 Å². The van der Waals surface area contributed by atoms with Gasteiger partial charge < -0.3 is 14.4 Å². The van der Waals surface area contributed by atoms with E-state index in [0.717, 1.165) is 77.2 Å². The zero-order valence-corrected chi connectivity index (χ0v) is 30.4. The van der Waals surface area contributed by atoms with Gasteiger partial charge in [0.25, 0.3) is 0 Å². The Kier molecular flexibility index (Phi) is 32.4. The fourth-order valence-electron chi connectivity index (χ4n) is 6.01. The van der Waals surface area contributed by atoms with E-state index in [4.69, 9.17) is 9.47 Å². The van der Waals surface area contributed by atoms with E-state index in [1.165, 1.54) is 103 Å². The van der Waals surface area contributed by atoms with E-state index in [1.54, 1.807) is 0 Å². The Morgan fingerprint density at radius 1 is 0.432 bits per heavy atom. The van der Waals surface area contributed by atoms with Gasteiger partial charge in [0.1, 0.15) is 12.2 Å². The molecule has 0 spiro atoms. The van der Waals surface area contributed by atoms with Crippen LogP contribution in [0.3, 0.4) is 0 Å². The van der Waals surface area contributed by atoms with Crippen LogP contribution >= 0.6 is 0 Å². The maximum atomic E-state index is 12.7. The van der Waals surface area contributed by atoms with E-state index >= 15 is 0 Å². The van der Waals surface area contributed by atoms with Crippen molar-refractivity contribution in [1.29, 1.82) is 0 Å². The third-order valence-corrected chi connectivity index (χ3v) is 8.88. The smallest absolute Gasteiger partial charge is 0.306 e.